The van der Waals surface area contributed by atoms with Crippen LogP contribution in [-0.2, 0) is 14.6 Å². The number of rotatable bonds is 5. The molecular weight excluding hydrogens is 262 g/mol. The van der Waals surface area contributed by atoms with Gasteiger partial charge in [-0.3, -0.25) is 10.1 Å². The summed E-state index contributed by atoms with van der Waals surface area (Å²) >= 11 is 0. The molecule has 0 fully saturated rings. The minimum atomic E-state index is -3.85. The van der Waals surface area contributed by atoms with E-state index >= 15 is 0 Å². The molecule has 0 aliphatic carbocycles. The number of nitrogens with zero attached hydrogens (tertiary/aromatic N) is 1. The Bertz CT molecular complexity index is 592. The van der Waals surface area contributed by atoms with Gasteiger partial charge in [0.05, 0.1) is 15.6 Å². The molecule has 7 nitrogen and oxygen atoms in total. The van der Waals surface area contributed by atoms with Gasteiger partial charge in [-0.15, -0.1) is 0 Å². The highest BCUT2D eigenvalue weighted by Gasteiger charge is 2.19. The number of nitro benzene ring substituents is 1. The van der Waals surface area contributed by atoms with E-state index < -0.39 is 32.9 Å². The number of carboxylic acid groups (broad SMARTS) is 1. The number of aryl methyl sites for hydroxylation is 1. The molecular formula is C10H10NO6S-. The predicted octanol–water partition coefficient (Wildman–Crippen LogP) is -0.183. The lowest BCUT2D eigenvalue weighted by Crippen LogP contribution is -2.25. The van der Waals surface area contributed by atoms with E-state index in [1.54, 1.807) is 0 Å². The zero-order chi connectivity index (χ0) is 13.9. The van der Waals surface area contributed by atoms with Gasteiger partial charge in [-0.1, -0.05) is 6.07 Å². The van der Waals surface area contributed by atoms with Crippen molar-refractivity contribution in [1.82, 2.24) is 0 Å². The summed E-state index contributed by atoms with van der Waals surface area (Å²) in [6.07, 6.45) is -0.649. The monoisotopic (exact) mass is 272 g/mol. The Morgan fingerprint density at radius 3 is 2.50 bits per heavy atom. The Morgan fingerprint density at radius 1 is 1.39 bits per heavy atom. The smallest absolute Gasteiger partial charge is 0.273 e. The Kier molecular flexibility index (Phi) is 4.02. The van der Waals surface area contributed by atoms with Crippen molar-refractivity contribution in [3.8, 4) is 0 Å². The molecule has 0 saturated carbocycles. The third-order valence-corrected chi connectivity index (χ3v) is 4.03. The number of hydrogen-bond acceptors (Lipinski definition) is 6. The van der Waals surface area contributed by atoms with Crippen LogP contribution in [-0.4, -0.2) is 25.1 Å². The first kappa shape index (κ1) is 14.1. The first-order valence-corrected chi connectivity index (χ1v) is 6.57. The van der Waals surface area contributed by atoms with Crippen LogP contribution in [0.3, 0.4) is 0 Å². The molecule has 1 aromatic rings. The van der Waals surface area contributed by atoms with E-state index in [9.17, 15) is 28.4 Å². The van der Waals surface area contributed by atoms with Gasteiger partial charge < -0.3 is 9.90 Å². The van der Waals surface area contributed by atoms with Crippen molar-refractivity contribution in [2.24, 2.45) is 0 Å². The first-order valence-electron chi connectivity index (χ1n) is 4.91. The molecule has 0 bridgehead atoms. The van der Waals surface area contributed by atoms with Gasteiger partial charge in [0.1, 0.15) is 0 Å². The van der Waals surface area contributed by atoms with Crippen molar-refractivity contribution in [3.05, 3.63) is 33.9 Å². The number of benzene rings is 1. The zero-order valence-electron chi connectivity index (χ0n) is 9.45. The molecule has 0 unspecified atom stereocenters. The van der Waals surface area contributed by atoms with Crippen molar-refractivity contribution in [2.45, 2.75) is 18.2 Å². The standard InChI is InChI=1S/C10H11NO6S/c1-7-2-3-8(6-9(7)11(14)15)18(16,17)5-4-10(12)13/h2-3,6H,4-5H2,1H3,(H,12,13)/p-1. The van der Waals surface area contributed by atoms with E-state index in [1.807, 2.05) is 0 Å². The van der Waals surface area contributed by atoms with Crippen molar-refractivity contribution in [3.63, 3.8) is 0 Å². The molecule has 98 valence electrons. The van der Waals surface area contributed by atoms with Crippen molar-refractivity contribution < 1.29 is 23.2 Å². The number of nitro groups is 1. The molecule has 0 aliphatic rings. The third kappa shape index (κ3) is 3.27. The summed E-state index contributed by atoms with van der Waals surface area (Å²) in [4.78, 5) is 19.9. The number of carbonyl (C=O) groups is 1. The first-order chi connectivity index (χ1) is 8.24. The SMILES string of the molecule is Cc1ccc(S(=O)(=O)CCC(=O)[O-])cc1[N+](=O)[O-]. The molecule has 18 heavy (non-hydrogen) atoms. The summed E-state index contributed by atoms with van der Waals surface area (Å²) in [6.45, 7) is 1.48. The Labute approximate surface area is 103 Å². The summed E-state index contributed by atoms with van der Waals surface area (Å²) in [6, 6.07) is 3.46. The second-order valence-corrected chi connectivity index (χ2v) is 5.76. The van der Waals surface area contributed by atoms with E-state index in [2.05, 4.69) is 0 Å². The minimum Gasteiger partial charge on any atom is -0.550 e. The molecule has 0 N–H and O–H groups in total. The van der Waals surface area contributed by atoms with Crippen LogP contribution in [0.4, 0.5) is 5.69 Å². The minimum absolute atomic E-state index is 0.263. The molecule has 0 spiro atoms. The third-order valence-electron chi connectivity index (χ3n) is 2.31. The van der Waals surface area contributed by atoms with Gasteiger partial charge in [0.15, 0.2) is 9.84 Å². The van der Waals surface area contributed by atoms with Gasteiger partial charge in [-0.2, -0.15) is 0 Å². The van der Waals surface area contributed by atoms with Gasteiger partial charge in [0.2, 0.25) is 0 Å². The lowest BCUT2D eigenvalue weighted by Gasteiger charge is -2.06. The zero-order valence-corrected chi connectivity index (χ0v) is 10.3. The van der Waals surface area contributed by atoms with Crippen LogP contribution in [0, 0.1) is 17.0 Å². The molecule has 1 rings (SSSR count). The van der Waals surface area contributed by atoms with Gasteiger partial charge in [0.25, 0.3) is 5.69 Å². The maximum Gasteiger partial charge on any atom is 0.273 e. The predicted molar refractivity (Wildman–Crippen MR) is 59.5 cm³/mol. The van der Waals surface area contributed by atoms with Gasteiger partial charge in [0, 0.05) is 24.0 Å². The second-order valence-electron chi connectivity index (χ2n) is 3.65. The Morgan fingerprint density at radius 2 is 2.00 bits per heavy atom. The fraction of sp³-hybridized carbons (Fsp3) is 0.300. The van der Waals surface area contributed by atoms with E-state index in [0.717, 1.165) is 6.07 Å². The Hall–Kier alpha value is -1.96. The summed E-state index contributed by atoms with van der Waals surface area (Å²) in [5.74, 6) is -2.13. The Balaban J connectivity index is 3.14. The highest BCUT2D eigenvalue weighted by molar-refractivity contribution is 7.91. The lowest BCUT2D eigenvalue weighted by molar-refractivity contribution is -0.385. The number of aliphatic carboxylic acids is 1. The molecule has 8 heteroatoms. The number of hydrogen-bond donors (Lipinski definition) is 0. The van der Waals surface area contributed by atoms with Crippen LogP contribution >= 0.6 is 0 Å². The summed E-state index contributed by atoms with van der Waals surface area (Å²) in [5.41, 5.74) is 0.0170. The highest BCUT2D eigenvalue weighted by atomic mass is 32.2. The van der Waals surface area contributed by atoms with Gasteiger partial charge in [-0.05, 0) is 13.0 Å². The molecule has 0 aromatic heterocycles. The molecule has 0 saturated heterocycles. The van der Waals surface area contributed by atoms with Crippen LogP contribution in [0.15, 0.2) is 23.1 Å². The average molecular weight is 272 g/mol. The van der Waals surface area contributed by atoms with Crippen molar-refractivity contribution in [1.29, 1.82) is 0 Å². The summed E-state index contributed by atoms with van der Waals surface area (Å²) in [7, 11) is -3.85. The highest BCUT2D eigenvalue weighted by Crippen LogP contribution is 2.23. The normalized spacial score (nSPS) is 11.2. The maximum atomic E-state index is 11.7. The van der Waals surface area contributed by atoms with Crippen LogP contribution in [0.2, 0.25) is 0 Å². The molecule has 0 heterocycles. The largest absolute Gasteiger partial charge is 0.550 e. The molecule has 1 aromatic carbocycles. The number of sulfone groups is 1. The quantitative estimate of drug-likeness (QED) is 0.542. The average Bonchev–Trinajstić information content (AvgIpc) is 2.26. The maximum absolute atomic E-state index is 11.7. The molecule has 0 amide bonds. The van der Waals surface area contributed by atoms with E-state index in [0.29, 0.717) is 5.56 Å². The fourth-order valence-corrected chi connectivity index (χ4v) is 2.55. The second kappa shape index (κ2) is 5.13. The molecule has 0 radical (unpaired) electrons. The van der Waals surface area contributed by atoms with E-state index in [-0.39, 0.29) is 10.6 Å². The van der Waals surface area contributed by atoms with Crippen LogP contribution in [0.25, 0.3) is 0 Å². The van der Waals surface area contributed by atoms with E-state index in [1.165, 1.54) is 19.1 Å². The number of carbonyl (C=O) groups excluding carboxylic acids is 1. The van der Waals surface area contributed by atoms with Crippen LogP contribution < -0.4 is 5.11 Å². The van der Waals surface area contributed by atoms with Crippen LogP contribution in [0.5, 0.6) is 0 Å². The van der Waals surface area contributed by atoms with E-state index in [4.69, 9.17) is 0 Å². The van der Waals surface area contributed by atoms with Crippen molar-refractivity contribution >= 4 is 21.5 Å². The van der Waals surface area contributed by atoms with Gasteiger partial charge >= 0.3 is 0 Å². The van der Waals surface area contributed by atoms with Crippen LogP contribution in [0.1, 0.15) is 12.0 Å². The molecule has 0 atom stereocenters. The molecule has 0 aliphatic heterocycles. The summed E-state index contributed by atoms with van der Waals surface area (Å²) in [5, 5.41) is 20.9. The summed E-state index contributed by atoms with van der Waals surface area (Å²) < 4.78 is 23.4. The van der Waals surface area contributed by atoms with Gasteiger partial charge in [-0.25, -0.2) is 8.42 Å². The fourth-order valence-electron chi connectivity index (χ4n) is 1.31. The van der Waals surface area contributed by atoms with Crippen molar-refractivity contribution in [2.75, 3.05) is 5.75 Å². The topological polar surface area (TPSA) is 117 Å². The lowest BCUT2D eigenvalue weighted by atomic mass is 10.2. The number of carboxylic acids is 1.